The summed E-state index contributed by atoms with van der Waals surface area (Å²) in [6.07, 6.45) is 3.69. The molecule has 1 aromatic carbocycles. The van der Waals surface area contributed by atoms with Crippen molar-refractivity contribution in [3.63, 3.8) is 0 Å². The molecule has 0 saturated heterocycles. The molecule has 19 heavy (non-hydrogen) atoms. The number of benzene rings is 1. The lowest BCUT2D eigenvalue weighted by Crippen LogP contribution is -2.11. The molecule has 5 heteroatoms. The largest absolute Gasteiger partial charge is 0.541 e. The van der Waals surface area contributed by atoms with Crippen molar-refractivity contribution in [2.24, 2.45) is 12.0 Å². The van der Waals surface area contributed by atoms with Crippen LogP contribution < -0.4 is 4.43 Å². The summed E-state index contributed by atoms with van der Waals surface area (Å²) in [7, 11) is 1.17. The van der Waals surface area contributed by atoms with E-state index in [2.05, 4.69) is 23.1 Å². The highest BCUT2D eigenvalue weighted by Crippen LogP contribution is 2.28. The van der Waals surface area contributed by atoms with Gasteiger partial charge in [-0.05, 0) is 32.2 Å². The lowest BCUT2D eigenvalue weighted by molar-refractivity contribution is 0.582. The lowest BCUT2D eigenvalue weighted by Gasteiger charge is -2.11. The Morgan fingerprint density at radius 2 is 2.05 bits per heavy atom. The van der Waals surface area contributed by atoms with Gasteiger partial charge in [0, 0.05) is 19.4 Å². The van der Waals surface area contributed by atoms with Crippen molar-refractivity contribution in [1.29, 1.82) is 0 Å². The molecule has 4 nitrogen and oxygen atoms in total. The molecule has 0 N–H and O–H groups in total. The van der Waals surface area contributed by atoms with E-state index in [9.17, 15) is 0 Å². The van der Waals surface area contributed by atoms with Gasteiger partial charge in [-0.25, -0.2) is 9.98 Å². The monoisotopic (exact) mass is 272 g/mol. The molecule has 0 aliphatic heterocycles. The number of aryl methyl sites for hydroxylation is 1. The van der Waals surface area contributed by atoms with E-state index in [0.29, 0.717) is 0 Å². The van der Waals surface area contributed by atoms with E-state index >= 15 is 0 Å². The Labute approximate surface area is 115 Å². The summed E-state index contributed by atoms with van der Waals surface area (Å²) in [5.41, 5.74) is 1.73. The van der Waals surface area contributed by atoms with Gasteiger partial charge < -0.3 is 8.99 Å². The Morgan fingerprint density at radius 3 is 2.68 bits per heavy atom. The molecule has 0 bridgehead atoms. The molecule has 0 aliphatic carbocycles. The molecule has 0 spiro atoms. The molecule has 0 aliphatic rings. The molecule has 0 fully saturated rings. The van der Waals surface area contributed by atoms with Crippen molar-refractivity contribution in [2.45, 2.75) is 20.0 Å². The number of aliphatic imine (C=N–C) groups is 1. The van der Waals surface area contributed by atoms with E-state index in [4.69, 9.17) is 4.43 Å². The van der Waals surface area contributed by atoms with Crippen LogP contribution in [0.2, 0.25) is 13.1 Å². The summed E-state index contributed by atoms with van der Waals surface area (Å²) in [6, 6.07) is 7.86. The average molecular weight is 272 g/mol. The van der Waals surface area contributed by atoms with Crippen molar-refractivity contribution >= 4 is 20.4 Å². The minimum atomic E-state index is -0.796. The topological polar surface area (TPSA) is 39.4 Å². The second-order valence-corrected chi connectivity index (χ2v) is 6.56. The lowest BCUT2D eigenvalue weighted by atomic mass is 10.3. The highest BCUT2D eigenvalue weighted by atomic mass is 28.3. The van der Waals surface area contributed by atoms with Gasteiger partial charge in [0.2, 0.25) is 0 Å². The first-order valence-electron chi connectivity index (χ1n) is 6.18. The van der Waals surface area contributed by atoms with Gasteiger partial charge >= 0.3 is 0 Å². The average Bonchev–Trinajstić information content (AvgIpc) is 2.77. The number of nitrogens with zero attached hydrogens (tertiary/aromatic N) is 3. The fourth-order valence-electron chi connectivity index (χ4n) is 1.80. The Morgan fingerprint density at radius 1 is 1.32 bits per heavy atom. The minimum Gasteiger partial charge on any atom is -0.541 e. The summed E-state index contributed by atoms with van der Waals surface area (Å²) in [4.78, 5) is 8.94. The summed E-state index contributed by atoms with van der Waals surface area (Å²) in [6.45, 7) is 6.18. The fourth-order valence-corrected chi connectivity index (χ4v) is 2.41. The van der Waals surface area contributed by atoms with Gasteiger partial charge in [-0.15, -0.1) is 0 Å². The Kier molecular flexibility index (Phi) is 4.16. The molecule has 99 valence electrons. The van der Waals surface area contributed by atoms with Gasteiger partial charge in [-0.2, -0.15) is 0 Å². The molecule has 0 atom stereocenters. The third kappa shape index (κ3) is 3.32. The summed E-state index contributed by atoms with van der Waals surface area (Å²) in [5, 5.41) is 0. The van der Waals surface area contributed by atoms with Crippen LogP contribution in [0.25, 0.3) is 0 Å². The van der Waals surface area contributed by atoms with Crippen molar-refractivity contribution in [2.75, 3.05) is 0 Å². The first-order chi connectivity index (χ1) is 9.08. The van der Waals surface area contributed by atoms with Crippen LogP contribution in [-0.2, 0) is 7.05 Å². The SMILES string of the molecule is CC(=Nc1ccccc1O[Si](C)C)c1nccn1C. The van der Waals surface area contributed by atoms with Crippen LogP contribution in [0.4, 0.5) is 5.69 Å². The van der Waals surface area contributed by atoms with Crippen LogP contribution in [0.1, 0.15) is 12.7 Å². The van der Waals surface area contributed by atoms with E-state index in [-0.39, 0.29) is 0 Å². The van der Waals surface area contributed by atoms with E-state index in [1.54, 1.807) is 6.20 Å². The minimum absolute atomic E-state index is 0.796. The number of imidazole rings is 1. The number of hydrogen-bond acceptors (Lipinski definition) is 3. The Balaban J connectivity index is 2.35. The number of para-hydroxylation sites is 2. The van der Waals surface area contributed by atoms with Gasteiger partial charge in [0.1, 0.15) is 11.4 Å². The molecule has 1 aromatic heterocycles. The molecule has 1 heterocycles. The van der Waals surface area contributed by atoms with Gasteiger partial charge in [0.25, 0.3) is 9.04 Å². The predicted molar refractivity (Wildman–Crippen MR) is 79.6 cm³/mol. The summed E-state index contributed by atoms with van der Waals surface area (Å²) >= 11 is 0. The molecule has 0 unspecified atom stereocenters. The van der Waals surface area contributed by atoms with Crippen LogP contribution in [0.3, 0.4) is 0 Å². The molecular weight excluding hydrogens is 254 g/mol. The van der Waals surface area contributed by atoms with E-state index in [1.807, 2.05) is 49.0 Å². The van der Waals surface area contributed by atoms with Gasteiger partial charge in [-0.3, -0.25) is 0 Å². The molecule has 2 rings (SSSR count). The third-order valence-electron chi connectivity index (χ3n) is 2.61. The molecular formula is C14H18N3OSi. The zero-order valence-electron chi connectivity index (χ0n) is 11.7. The highest BCUT2D eigenvalue weighted by molar-refractivity contribution is 6.49. The van der Waals surface area contributed by atoms with E-state index in [0.717, 1.165) is 23.0 Å². The van der Waals surface area contributed by atoms with Crippen LogP contribution in [-0.4, -0.2) is 24.3 Å². The zero-order chi connectivity index (χ0) is 13.8. The second kappa shape index (κ2) is 5.84. The van der Waals surface area contributed by atoms with E-state index in [1.165, 1.54) is 0 Å². The maximum atomic E-state index is 5.86. The van der Waals surface area contributed by atoms with Crippen LogP contribution >= 0.6 is 0 Å². The quantitative estimate of drug-likeness (QED) is 0.633. The van der Waals surface area contributed by atoms with E-state index < -0.39 is 9.04 Å². The third-order valence-corrected chi connectivity index (χ3v) is 3.24. The van der Waals surface area contributed by atoms with Crippen molar-refractivity contribution in [1.82, 2.24) is 9.55 Å². The van der Waals surface area contributed by atoms with Crippen molar-refractivity contribution in [3.05, 3.63) is 42.5 Å². The van der Waals surface area contributed by atoms with Crippen LogP contribution in [0.15, 0.2) is 41.7 Å². The molecule has 2 aromatic rings. The standard InChI is InChI=1S/C14H18N3OSi/c1-11(14-15-9-10-17(14)2)16-12-7-5-6-8-13(12)18-19(3)4/h5-10H,1-4H3. The Hall–Kier alpha value is -1.88. The first kappa shape index (κ1) is 13.5. The van der Waals surface area contributed by atoms with Crippen molar-refractivity contribution < 1.29 is 4.43 Å². The molecule has 0 saturated carbocycles. The van der Waals surface area contributed by atoms with Gasteiger partial charge in [-0.1, -0.05) is 12.1 Å². The normalized spacial score (nSPS) is 11.9. The second-order valence-electron chi connectivity index (χ2n) is 4.54. The van der Waals surface area contributed by atoms with Crippen LogP contribution in [0.5, 0.6) is 5.75 Å². The smallest absolute Gasteiger partial charge is 0.274 e. The predicted octanol–water partition coefficient (Wildman–Crippen LogP) is 3.19. The van der Waals surface area contributed by atoms with Crippen LogP contribution in [0, 0.1) is 0 Å². The fraction of sp³-hybridized carbons (Fsp3) is 0.286. The van der Waals surface area contributed by atoms with Crippen molar-refractivity contribution in [3.8, 4) is 5.75 Å². The Bertz CT molecular complexity index is 590. The molecule has 1 radical (unpaired) electrons. The first-order valence-corrected chi connectivity index (χ1v) is 8.59. The number of rotatable bonds is 4. The summed E-state index contributed by atoms with van der Waals surface area (Å²) < 4.78 is 7.82. The number of aromatic nitrogens is 2. The maximum Gasteiger partial charge on any atom is 0.274 e. The molecule has 0 amide bonds. The maximum absolute atomic E-state index is 5.86. The highest BCUT2D eigenvalue weighted by Gasteiger charge is 2.08. The van der Waals surface area contributed by atoms with Gasteiger partial charge in [0.15, 0.2) is 5.82 Å². The summed E-state index contributed by atoms with van der Waals surface area (Å²) in [5.74, 6) is 1.71. The zero-order valence-corrected chi connectivity index (χ0v) is 12.7. The van der Waals surface area contributed by atoms with Gasteiger partial charge in [0.05, 0.1) is 5.71 Å². The number of hydrogen-bond donors (Lipinski definition) is 0.